The van der Waals surface area contributed by atoms with E-state index in [0.29, 0.717) is 30.4 Å². The number of carbonyl (C=O) groups excluding carboxylic acids is 1. The SMILES string of the molecule is CCN(CC)C(=O)c1nc(-c2ccccc2)oc1-c1ccccc1. The van der Waals surface area contributed by atoms with Gasteiger partial charge in [-0.3, -0.25) is 4.79 Å². The highest BCUT2D eigenvalue weighted by Gasteiger charge is 2.25. The first-order valence-electron chi connectivity index (χ1n) is 8.15. The fourth-order valence-electron chi connectivity index (χ4n) is 2.62. The Balaban J connectivity index is 2.12. The van der Waals surface area contributed by atoms with Crippen LogP contribution in [0.25, 0.3) is 22.8 Å². The minimum atomic E-state index is -0.107. The van der Waals surface area contributed by atoms with E-state index < -0.39 is 0 Å². The minimum Gasteiger partial charge on any atom is -0.435 e. The number of benzene rings is 2. The van der Waals surface area contributed by atoms with Crippen LogP contribution in [0.5, 0.6) is 0 Å². The molecule has 0 unspecified atom stereocenters. The van der Waals surface area contributed by atoms with E-state index in [9.17, 15) is 4.79 Å². The van der Waals surface area contributed by atoms with Crippen LogP contribution in [0.1, 0.15) is 24.3 Å². The summed E-state index contributed by atoms with van der Waals surface area (Å²) in [4.78, 5) is 19.1. The number of aromatic nitrogens is 1. The Morgan fingerprint density at radius 3 is 2.00 bits per heavy atom. The molecule has 0 aliphatic rings. The fraction of sp³-hybridized carbons (Fsp3) is 0.200. The second-order valence-corrected chi connectivity index (χ2v) is 5.41. The fourth-order valence-corrected chi connectivity index (χ4v) is 2.62. The second kappa shape index (κ2) is 7.13. The molecule has 4 nitrogen and oxygen atoms in total. The summed E-state index contributed by atoms with van der Waals surface area (Å²) in [5.41, 5.74) is 2.07. The first-order chi connectivity index (χ1) is 11.7. The third kappa shape index (κ3) is 3.08. The predicted molar refractivity (Wildman–Crippen MR) is 94.6 cm³/mol. The van der Waals surface area contributed by atoms with Crippen molar-refractivity contribution >= 4 is 5.91 Å². The molecule has 0 aliphatic heterocycles. The minimum absolute atomic E-state index is 0.107. The van der Waals surface area contributed by atoms with Crippen molar-refractivity contribution in [2.24, 2.45) is 0 Å². The summed E-state index contributed by atoms with van der Waals surface area (Å²) in [5, 5.41) is 0. The summed E-state index contributed by atoms with van der Waals surface area (Å²) in [6.07, 6.45) is 0. The topological polar surface area (TPSA) is 46.3 Å². The monoisotopic (exact) mass is 320 g/mol. The van der Waals surface area contributed by atoms with Gasteiger partial charge in [0.25, 0.3) is 5.91 Å². The Kier molecular flexibility index (Phi) is 4.75. The molecule has 1 heterocycles. The number of hydrogen-bond acceptors (Lipinski definition) is 3. The Hall–Kier alpha value is -2.88. The van der Waals surface area contributed by atoms with Gasteiger partial charge in [-0.05, 0) is 26.0 Å². The van der Waals surface area contributed by atoms with Gasteiger partial charge in [-0.25, -0.2) is 4.98 Å². The van der Waals surface area contributed by atoms with Crippen LogP contribution in [-0.4, -0.2) is 28.9 Å². The van der Waals surface area contributed by atoms with Crippen LogP contribution in [0.4, 0.5) is 0 Å². The maximum atomic E-state index is 12.8. The first kappa shape index (κ1) is 16.0. The molecule has 1 aromatic heterocycles. The Bertz CT molecular complexity index is 806. The molecular weight excluding hydrogens is 300 g/mol. The zero-order valence-corrected chi connectivity index (χ0v) is 13.9. The average Bonchev–Trinajstić information content (AvgIpc) is 3.09. The van der Waals surface area contributed by atoms with Gasteiger partial charge in [0.05, 0.1) is 0 Å². The van der Waals surface area contributed by atoms with Crippen molar-refractivity contribution in [1.82, 2.24) is 9.88 Å². The molecule has 0 fully saturated rings. The maximum Gasteiger partial charge on any atom is 0.276 e. The smallest absolute Gasteiger partial charge is 0.276 e. The van der Waals surface area contributed by atoms with E-state index in [4.69, 9.17) is 4.42 Å². The summed E-state index contributed by atoms with van der Waals surface area (Å²) in [5.74, 6) is 0.876. The highest BCUT2D eigenvalue weighted by atomic mass is 16.4. The predicted octanol–water partition coefficient (Wildman–Crippen LogP) is 4.49. The molecule has 0 bridgehead atoms. The van der Waals surface area contributed by atoms with Crippen LogP contribution in [0.15, 0.2) is 65.1 Å². The summed E-state index contributed by atoms with van der Waals surface area (Å²) >= 11 is 0. The molecule has 3 aromatic rings. The highest BCUT2D eigenvalue weighted by molar-refractivity contribution is 5.98. The molecule has 0 saturated carbocycles. The van der Waals surface area contributed by atoms with Crippen molar-refractivity contribution in [2.75, 3.05) is 13.1 Å². The van der Waals surface area contributed by atoms with Crippen LogP contribution in [0, 0.1) is 0 Å². The van der Waals surface area contributed by atoms with Crippen molar-refractivity contribution in [3.05, 3.63) is 66.4 Å². The van der Waals surface area contributed by atoms with Crippen LogP contribution in [-0.2, 0) is 0 Å². The van der Waals surface area contributed by atoms with Gasteiger partial charge in [0, 0.05) is 24.2 Å². The normalized spacial score (nSPS) is 10.6. The molecule has 0 saturated heterocycles. The lowest BCUT2D eigenvalue weighted by atomic mass is 10.1. The quantitative estimate of drug-likeness (QED) is 0.696. The standard InChI is InChI=1S/C20H20N2O2/c1-3-22(4-2)20(23)17-18(15-11-7-5-8-12-15)24-19(21-17)16-13-9-6-10-14-16/h5-14H,3-4H2,1-2H3. The van der Waals surface area contributed by atoms with E-state index in [1.807, 2.05) is 74.5 Å². The molecule has 2 aromatic carbocycles. The van der Waals surface area contributed by atoms with E-state index in [-0.39, 0.29) is 5.91 Å². The van der Waals surface area contributed by atoms with E-state index >= 15 is 0 Å². The van der Waals surface area contributed by atoms with E-state index in [1.165, 1.54) is 0 Å². The summed E-state index contributed by atoms with van der Waals surface area (Å²) in [7, 11) is 0. The molecule has 0 radical (unpaired) electrons. The van der Waals surface area contributed by atoms with Gasteiger partial charge in [-0.15, -0.1) is 0 Å². The van der Waals surface area contributed by atoms with Gasteiger partial charge in [0.2, 0.25) is 5.89 Å². The molecule has 122 valence electrons. The molecular formula is C20H20N2O2. The van der Waals surface area contributed by atoms with Crippen molar-refractivity contribution in [1.29, 1.82) is 0 Å². The number of hydrogen-bond donors (Lipinski definition) is 0. The zero-order valence-electron chi connectivity index (χ0n) is 13.9. The number of nitrogens with zero attached hydrogens (tertiary/aromatic N) is 2. The van der Waals surface area contributed by atoms with E-state index in [2.05, 4.69) is 4.98 Å². The first-order valence-corrected chi connectivity index (χ1v) is 8.15. The molecule has 3 rings (SSSR count). The summed E-state index contributed by atoms with van der Waals surface area (Å²) < 4.78 is 5.99. The van der Waals surface area contributed by atoms with E-state index in [0.717, 1.165) is 11.1 Å². The maximum absolute atomic E-state index is 12.8. The highest BCUT2D eigenvalue weighted by Crippen LogP contribution is 2.30. The summed E-state index contributed by atoms with van der Waals surface area (Å²) in [6, 6.07) is 19.3. The Labute approximate surface area is 141 Å². The Morgan fingerprint density at radius 1 is 0.917 bits per heavy atom. The third-order valence-corrected chi connectivity index (χ3v) is 3.94. The van der Waals surface area contributed by atoms with Crippen molar-refractivity contribution in [3.63, 3.8) is 0 Å². The van der Waals surface area contributed by atoms with E-state index in [1.54, 1.807) is 4.90 Å². The van der Waals surface area contributed by atoms with Crippen LogP contribution in [0.3, 0.4) is 0 Å². The molecule has 0 spiro atoms. The molecule has 0 N–H and O–H groups in total. The third-order valence-electron chi connectivity index (χ3n) is 3.94. The van der Waals surface area contributed by atoms with Gasteiger partial charge in [0.15, 0.2) is 11.5 Å². The zero-order chi connectivity index (χ0) is 16.9. The van der Waals surface area contributed by atoms with Crippen LogP contribution >= 0.6 is 0 Å². The largest absolute Gasteiger partial charge is 0.435 e. The number of rotatable bonds is 5. The van der Waals surface area contributed by atoms with Crippen molar-refractivity contribution in [2.45, 2.75) is 13.8 Å². The Morgan fingerprint density at radius 2 is 1.46 bits per heavy atom. The summed E-state index contributed by atoms with van der Waals surface area (Å²) in [6.45, 7) is 5.19. The van der Waals surface area contributed by atoms with Crippen LogP contribution < -0.4 is 0 Å². The second-order valence-electron chi connectivity index (χ2n) is 5.41. The molecule has 1 amide bonds. The molecule has 4 heteroatoms. The van der Waals surface area contributed by atoms with Gasteiger partial charge in [-0.1, -0.05) is 48.5 Å². The lowest BCUT2D eigenvalue weighted by molar-refractivity contribution is 0.0768. The molecule has 0 atom stereocenters. The van der Waals surface area contributed by atoms with Gasteiger partial charge in [0.1, 0.15) is 0 Å². The molecule has 24 heavy (non-hydrogen) atoms. The molecule has 0 aliphatic carbocycles. The van der Waals surface area contributed by atoms with Gasteiger partial charge in [-0.2, -0.15) is 0 Å². The van der Waals surface area contributed by atoms with Gasteiger partial charge < -0.3 is 9.32 Å². The number of amides is 1. The lowest BCUT2D eigenvalue weighted by Gasteiger charge is -2.17. The number of oxazole rings is 1. The number of carbonyl (C=O) groups is 1. The van der Waals surface area contributed by atoms with Gasteiger partial charge >= 0.3 is 0 Å². The van der Waals surface area contributed by atoms with Crippen molar-refractivity contribution in [3.8, 4) is 22.8 Å². The van der Waals surface area contributed by atoms with Crippen LogP contribution in [0.2, 0.25) is 0 Å². The lowest BCUT2D eigenvalue weighted by Crippen LogP contribution is -2.31. The average molecular weight is 320 g/mol. The van der Waals surface area contributed by atoms with Crippen molar-refractivity contribution < 1.29 is 9.21 Å².